The number of nitrogens with one attached hydrogen (secondary N) is 1. The lowest BCUT2D eigenvalue weighted by atomic mass is 10.2. The molecular formula is C12H11F2N3OS. The highest BCUT2D eigenvalue weighted by molar-refractivity contribution is 7.99. The van der Waals surface area contributed by atoms with Crippen LogP contribution in [-0.4, -0.2) is 9.97 Å². The van der Waals surface area contributed by atoms with Crippen LogP contribution < -0.4 is 11.3 Å². The zero-order chi connectivity index (χ0) is 14.0. The maximum atomic E-state index is 13.7. The van der Waals surface area contributed by atoms with Gasteiger partial charge < -0.3 is 10.7 Å². The van der Waals surface area contributed by atoms with Crippen molar-refractivity contribution in [2.75, 3.05) is 0 Å². The molecule has 4 nitrogen and oxygen atoms in total. The molecule has 0 aliphatic heterocycles. The van der Waals surface area contributed by atoms with E-state index in [1.165, 1.54) is 18.2 Å². The van der Waals surface area contributed by atoms with Crippen LogP contribution in [0.2, 0.25) is 0 Å². The fourth-order valence-electron chi connectivity index (χ4n) is 1.52. The van der Waals surface area contributed by atoms with Gasteiger partial charge in [0, 0.05) is 18.3 Å². The molecule has 1 aromatic carbocycles. The Labute approximate surface area is 112 Å². The van der Waals surface area contributed by atoms with Crippen LogP contribution in [0.1, 0.15) is 11.3 Å². The van der Waals surface area contributed by atoms with Crippen molar-refractivity contribution in [3.05, 3.63) is 51.4 Å². The highest BCUT2D eigenvalue weighted by atomic mass is 32.2. The summed E-state index contributed by atoms with van der Waals surface area (Å²) in [6.45, 7) is 1.68. The van der Waals surface area contributed by atoms with Crippen molar-refractivity contribution in [2.24, 2.45) is 5.73 Å². The van der Waals surface area contributed by atoms with Crippen LogP contribution in [0.4, 0.5) is 8.78 Å². The molecule has 100 valence electrons. The van der Waals surface area contributed by atoms with Gasteiger partial charge in [-0.15, -0.1) is 0 Å². The normalized spacial score (nSPS) is 10.7. The predicted octanol–water partition coefficient (Wildman–Crippen LogP) is 1.97. The van der Waals surface area contributed by atoms with E-state index >= 15 is 0 Å². The van der Waals surface area contributed by atoms with E-state index in [0.717, 1.165) is 11.8 Å². The predicted molar refractivity (Wildman–Crippen MR) is 68.0 cm³/mol. The lowest BCUT2D eigenvalue weighted by molar-refractivity contribution is 0.537. The number of nitrogens with zero attached hydrogens (tertiary/aromatic N) is 1. The Balaban J connectivity index is 2.40. The van der Waals surface area contributed by atoms with E-state index in [-0.39, 0.29) is 22.2 Å². The zero-order valence-corrected chi connectivity index (χ0v) is 10.9. The maximum absolute atomic E-state index is 13.7. The summed E-state index contributed by atoms with van der Waals surface area (Å²) in [5.41, 5.74) is 5.81. The Morgan fingerprint density at radius 3 is 2.47 bits per heavy atom. The lowest BCUT2D eigenvalue weighted by Crippen LogP contribution is -2.08. The van der Waals surface area contributed by atoms with Crippen LogP contribution in [0.5, 0.6) is 0 Å². The molecule has 1 aromatic heterocycles. The van der Waals surface area contributed by atoms with Gasteiger partial charge in [-0.1, -0.05) is 0 Å². The van der Waals surface area contributed by atoms with Gasteiger partial charge in [0.05, 0.1) is 4.90 Å². The molecule has 0 spiro atoms. The van der Waals surface area contributed by atoms with Crippen LogP contribution >= 0.6 is 11.8 Å². The molecular weight excluding hydrogens is 272 g/mol. The summed E-state index contributed by atoms with van der Waals surface area (Å²) >= 11 is 0.731. The Morgan fingerprint density at radius 1 is 1.32 bits per heavy atom. The lowest BCUT2D eigenvalue weighted by Gasteiger charge is -2.06. The van der Waals surface area contributed by atoms with E-state index in [9.17, 15) is 13.6 Å². The third kappa shape index (κ3) is 3.18. The number of rotatable bonds is 3. The maximum Gasteiger partial charge on any atom is 0.251 e. The third-order valence-electron chi connectivity index (χ3n) is 2.34. The molecule has 0 aliphatic carbocycles. The Bertz CT molecular complexity index is 649. The summed E-state index contributed by atoms with van der Waals surface area (Å²) in [5, 5.41) is 0.142. The Hall–Kier alpha value is -1.73. The SMILES string of the molecule is Cc1cc(=O)[nH]c(Sc2c(F)cc(CN)cc2F)n1. The second-order valence-electron chi connectivity index (χ2n) is 3.89. The van der Waals surface area contributed by atoms with Gasteiger partial charge in [-0.3, -0.25) is 4.79 Å². The van der Waals surface area contributed by atoms with E-state index in [4.69, 9.17) is 5.73 Å². The van der Waals surface area contributed by atoms with Gasteiger partial charge in [-0.2, -0.15) is 0 Å². The number of hydrogen-bond acceptors (Lipinski definition) is 4. The standard InChI is InChI=1S/C12H11F2N3OS/c1-6-2-10(18)17-12(16-6)19-11-8(13)3-7(5-15)4-9(11)14/h2-4H,5,15H2,1H3,(H,16,17,18). The minimum Gasteiger partial charge on any atom is -0.326 e. The first-order valence-corrected chi connectivity index (χ1v) is 6.25. The van der Waals surface area contributed by atoms with E-state index in [1.54, 1.807) is 6.92 Å². The van der Waals surface area contributed by atoms with Crippen LogP contribution in [0.3, 0.4) is 0 Å². The number of hydrogen-bond donors (Lipinski definition) is 2. The summed E-state index contributed by atoms with van der Waals surface area (Å²) in [7, 11) is 0. The summed E-state index contributed by atoms with van der Waals surface area (Å²) in [4.78, 5) is 17.5. The van der Waals surface area contributed by atoms with E-state index in [2.05, 4.69) is 9.97 Å². The average Bonchev–Trinajstić information content (AvgIpc) is 2.32. The molecule has 0 fully saturated rings. The van der Waals surface area contributed by atoms with Crippen molar-refractivity contribution >= 4 is 11.8 Å². The number of aromatic amines is 1. The van der Waals surface area contributed by atoms with E-state index < -0.39 is 11.6 Å². The first-order chi connectivity index (χ1) is 8.99. The molecule has 7 heteroatoms. The molecule has 0 saturated carbocycles. The quantitative estimate of drug-likeness (QED) is 0.845. The Morgan fingerprint density at radius 2 is 1.95 bits per heavy atom. The molecule has 0 unspecified atom stereocenters. The number of H-pyrrole nitrogens is 1. The van der Waals surface area contributed by atoms with Crippen LogP contribution in [0.25, 0.3) is 0 Å². The number of benzene rings is 1. The summed E-state index contributed by atoms with van der Waals surface area (Å²) in [6.07, 6.45) is 0. The van der Waals surface area contributed by atoms with Gasteiger partial charge in [0.1, 0.15) is 11.6 Å². The van der Waals surface area contributed by atoms with Gasteiger partial charge in [0.15, 0.2) is 5.16 Å². The second-order valence-corrected chi connectivity index (χ2v) is 4.89. The highest BCUT2D eigenvalue weighted by Crippen LogP contribution is 2.30. The minimum absolute atomic E-state index is 0.0539. The number of aromatic nitrogens is 2. The van der Waals surface area contributed by atoms with Crippen molar-refractivity contribution in [1.29, 1.82) is 0 Å². The first kappa shape index (κ1) is 13.7. The van der Waals surface area contributed by atoms with Crippen molar-refractivity contribution in [2.45, 2.75) is 23.5 Å². The fraction of sp³-hybridized carbons (Fsp3) is 0.167. The molecule has 2 rings (SSSR count). The zero-order valence-electron chi connectivity index (χ0n) is 10.0. The number of halogens is 2. The number of nitrogens with two attached hydrogens (primary N) is 1. The molecule has 0 aliphatic rings. The third-order valence-corrected chi connectivity index (χ3v) is 3.32. The molecule has 0 amide bonds. The van der Waals surface area contributed by atoms with Crippen LogP contribution in [0.15, 0.2) is 33.0 Å². The summed E-state index contributed by atoms with van der Waals surface area (Å²) in [6, 6.07) is 3.63. The van der Waals surface area contributed by atoms with Crippen molar-refractivity contribution in [1.82, 2.24) is 9.97 Å². The molecule has 0 bridgehead atoms. The summed E-state index contributed by atoms with van der Waals surface area (Å²) in [5.74, 6) is -1.45. The van der Waals surface area contributed by atoms with E-state index in [0.29, 0.717) is 11.3 Å². The van der Waals surface area contributed by atoms with Crippen LogP contribution in [-0.2, 0) is 6.54 Å². The smallest absolute Gasteiger partial charge is 0.251 e. The van der Waals surface area contributed by atoms with Gasteiger partial charge in [-0.25, -0.2) is 13.8 Å². The van der Waals surface area contributed by atoms with Crippen molar-refractivity contribution in [3.8, 4) is 0 Å². The molecule has 2 aromatic rings. The largest absolute Gasteiger partial charge is 0.326 e. The van der Waals surface area contributed by atoms with Crippen molar-refractivity contribution < 1.29 is 8.78 Å². The Kier molecular flexibility index (Phi) is 3.96. The van der Waals surface area contributed by atoms with Crippen molar-refractivity contribution in [3.63, 3.8) is 0 Å². The highest BCUT2D eigenvalue weighted by Gasteiger charge is 2.14. The van der Waals surface area contributed by atoms with Crippen LogP contribution in [0, 0.1) is 18.6 Å². The number of aryl methyl sites for hydroxylation is 1. The second kappa shape index (κ2) is 5.50. The van der Waals surface area contributed by atoms with Gasteiger partial charge in [-0.05, 0) is 36.4 Å². The first-order valence-electron chi connectivity index (χ1n) is 5.43. The molecule has 3 N–H and O–H groups in total. The minimum atomic E-state index is -0.727. The fourth-order valence-corrected chi connectivity index (χ4v) is 2.37. The average molecular weight is 283 g/mol. The van der Waals surface area contributed by atoms with Gasteiger partial charge >= 0.3 is 0 Å². The molecule has 0 saturated heterocycles. The van der Waals surface area contributed by atoms with Gasteiger partial charge in [0.2, 0.25) is 0 Å². The van der Waals surface area contributed by atoms with E-state index in [1.807, 2.05) is 0 Å². The summed E-state index contributed by atoms with van der Waals surface area (Å²) < 4.78 is 27.5. The monoisotopic (exact) mass is 283 g/mol. The molecule has 0 radical (unpaired) electrons. The van der Waals surface area contributed by atoms with Gasteiger partial charge in [0.25, 0.3) is 5.56 Å². The molecule has 1 heterocycles. The topological polar surface area (TPSA) is 71.8 Å². The molecule has 19 heavy (non-hydrogen) atoms. The molecule has 0 atom stereocenters.